The summed E-state index contributed by atoms with van der Waals surface area (Å²) in [5, 5.41) is 2.99. The minimum Gasteiger partial charge on any atom is -0.481 e. The first-order chi connectivity index (χ1) is 13.8. The molecular weight excluding hydrogens is 362 g/mol. The minimum atomic E-state index is -0.542. The maximum atomic E-state index is 12.5. The normalized spacial score (nSPS) is 15.8. The molecule has 156 valence electrons. The van der Waals surface area contributed by atoms with Crippen molar-refractivity contribution in [1.29, 1.82) is 0 Å². The van der Waals surface area contributed by atoms with E-state index in [-0.39, 0.29) is 5.91 Å². The molecule has 0 bridgehead atoms. The topological polar surface area (TPSA) is 44.8 Å². The van der Waals surface area contributed by atoms with Gasteiger partial charge >= 0.3 is 0 Å². The third-order valence-corrected chi connectivity index (χ3v) is 5.71. The maximum absolute atomic E-state index is 12.5. The number of amides is 1. The molecule has 0 aromatic heterocycles. The van der Waals surface area contributed by atoms with Crippen molar-refractivity contribution >= 4 is 11.6 Å². The first-order valence-corrected chi connectivity index (χ1v) is 10.4. The van der Waals surface area contributed by atoms with Gasteiger partial charge in [0.05, 0.1) is 0 Å². The van der Waals surface area contributed by atoms with E-state index in [0.717, 1.165) is 48.6 Å². The number of nitrogens with one attached hydrogen (secondary N) is 1. The first kappa shape index (κ1) is 21.2. The molecule has 29 heavy (non-hydrogen) atoms. The van der Waals surface area contributed by atoms with Crippen LogP contribution >= 0.6 is 0 Å². The number of hydrogen-bond donors (Lipinski definition) is 1. The van der Waals surface area contributed by atoms with Crippen LogP contribution in [0.2, 0.25) is 0 Å². The number of carbonyl (C=O) groups is 1. The second-order valence-corrected chi connectivity index (χ2v) is 8.14. The molecule has 1 heterocycles. The number of carbonyl (C=O) groups excluding carboxylic acids is 1. The zero-order valence-electron chi connectivity index (χ0n) is 18.3. The Hall–Kier alpha value is -2.53. The highest BCUT2D eigenvalue weighted by Gasteiger charge is 2.17. The Morgan fingerprint density at radius 1 is 1.07 bits per heavy atom. The molecule has 3 rings (SSSR count). The van der Waals surface area contributed by atoms with Gasteiger partial charge in [0.15, 0.2) is 6.10 Å². The van der Waals surface area contributed by atoms with Gasteiger partial charge in [0.2, 0.25) is 0 Å². The highest BCUT2D eigenvalue weighted by atomic mass is 16.5. The largest absolute Gasteiger partial charge is 0.481 e. The Kier molecular flexibility index (Phi) is 6.80. The lowest BCUT2D eigenvalue weighted by molar-refractivity contribution is -0.127. The number of likely N-dealkylation sites (N-methyl/N-ethyl adjacent to an activating group) is 1. The third kappa shape index (κ3) is 5.51. The van der Waals surface area contributed by atoms with Crippen LogP contribution in [0.25, 0.3) is 0 Å². The standard InChI is InChI=1S/C24H33N3O2/c1-17-14-18(2)19(3)23(15-17)29-20(4)24(28)25-16-21-6-8-22(9-7-21)27-12-10-26(5)11-13-27/h6-9,14-15,20H,10-13,16H2,1-5H3,(H,25,28)/t20-/m1/s1. The van der Waals surface area contributed by atoms with Crippen LogP contribution in [0, 0.1) is 20.8 Å². The van der Waals surface area contributed by atoms with Crippen molar-refractivity contribution in [2.75, 3.05) is 38.1 Å². The van der Waals surface area contributed by atoms with E-state index in [1.807, 2.05) is 19.9 Å². The highest BCUT2D eigenvalue weighted by Crippen LogP contribution is 2.24. The van der Waals surface area contributed by atoms with Crippen molar-refractivity contribution < 1.29 is 9.53 Å². The van der Waals surface area contributed by atoms with Crippen molar-refractivity contribution in [2.24, 2.45) is 0 Å². The molecule has 1 aliphatic rings. The summed E-state index contributed by atoms with van der Waals surface area (Å²) in [5.41, 5.74) is 5.72. The van der Waals surface area contributed by atoms with Crippen LogP contribution in [0.15, 0.2) is 36.4 Å². The molecule has 0 spiro atoms. The van der Waals surface area contributed by atoms with E-state index in [2.05, 4.69) is 59.4 Å². The minimum absolute atomic E-state index is 0.105. The number of rotatable bonds is 6. The number of benzene rings is 2. The van der Waals surface area contributed by atoms with Gasteiger partial charge in [-0.05, 0) is 75.2 Å². The molecule has 1 saturated heterocycles. The summed E-state index contributed by atoms with van der Waals surface area (Å²) in [6, 6.07) is 12.6. The molecule has 1 amide bonds. The zero-order chi connectivity index (χ0) is 21.0. The summed E-state index contributed by atoms with van der Waals surface area (Å²) in [6.07, 6.45) is -0.542. The number of piperazine rings is 1. The predicted octanol–water partition coefficient (Wildman–Crippen LogP) is 3.45. The lowest BCUT2D eigenvalue weighted by Gasteiger charge is -2.34. The Balaban J connectivity index is 1.52. The van der Waals surface area contributed by atoms with E-state index >= 15 is 0 Å². The lowest BCUT2D eigenvalue weighted by Crippen LogP contribution is -2.44. The van der Waals surface area contributed by atoms with Gasteiger partial charge in [-0.25, -0.2) is 0 Å². The van der Waals surface area contributed by atoms with Crippen molar-refractivity contribution in [2.45, 2.75) is 40.3 Å². The van der Waals surface area contributed by atoms with Crippen molar-refractivity contribution in [3.05, 3.63) is 58.7 Å². The predicted molar refractivity (Wildman–Crippen MR) is 119 cm³/mol. The van der Waals surface area contributed by atoms with Crippen molar-refractivity contribution in [3.63, 3.8) is 0 Å². The quantitative estimate of drug-likeness (QED) is 0.814. The van der Waals surface area contributed by atoms with Gasteiger partial charge in [-0.2, -0.15) is 0 Å². The van der Waals surface area contributed by atoms with Gasteiger partial charge in [-0.3, -0.25) is 4.79 Å². The van der Waals surface area contributed by atoms with Crippen LogP contribution in [-0.4, -0.2) is 50.1 Å². The van der Waals surface area contributed by atoms with Gasteiger partial charge in [-0.15, -0.1) is 0 Å². The molecule has 2 aromatic rings. The van der Waals surface area contributed by atoms with Gasteiger partial charge in [-0.1, -0.05) is 18.2 Å². The van der Waals surface area contributed by atoms with Crippen LogP contribution < -0.4 is 15.0 Å². The van der Waals surface area contributed by atoms with Crippen LogP contribution in [0.4, 0.5) is 5.69 Å². The van der Waals surface area contributed by atoms with Gasteiger partial charge in [0, 0.05) is 38.4 Å². The molecule has 1 N–H and O–H groups in total. The van der Waals surface area contributed by atoms with Gasteiger partial charge < -0.3 is 19.9 Å². The Morgan fingerprint density at radius 2 is 1.72 bits per heavy atom. The van der Waals surface area contributed by atoms with E-state index in [9.17, 15) is 4.79 Å². The number of aryl methyl sites for hydroxylation is 2. The smallest absolute Gasteiger partial charge is 0.261 e. The molecule has 0 radical (unpaired) electrons. The molecule has 0 aliphatic carbocycles. The van der Waals surface area contributed by atoms with E-state index in [0.29, 0.717) is 6.54 Å². The number of hydrogen-bond acceptors (Lipinski definition) is 4. The monoisotopic (exact) mass is 395 g/mol. The molecular formula is C24H33N3O2. The van der Waals surface area contributed by atoms with E-state index in [1.165, 1.54) is 11.3 Å². The second kappa shape index (κ2) is 9.31. The van der Waals surface area contributed by atoms with Crippen LogP contribution in [-0.2, 0) is 11.3 Å². The van der Waals surface area contributed by atoms with Gasteiger partial charge in [0.1, 0.15) is 5.75 Å². The van der Waals surface area contributed by atoms with Crippen LogP contribution in [0.3, 0.4) is 0 Å². The lowest BCUT2D eigenvalue weighted by atomic mass is 10.1. The Labute approximate surface area is 174 Å². The van der Waals surface area contributed by atoms with E-state index in [1.54, 1.807) is 6.92 Å². The van der Waals surface area contributed by atoms with E-state index in [4.69, 9.17) is 4.74 Å². The molecule has 5 nitrogen and oxygen atoms in total. The average Bonchev–Trinajstić information content (AvgIpc) is 2.70. The van der Waals surface area contributed by atoms with Crippen molar-refractivity contribution in [1.82, 2.24) is 10.2 Å². The number of ether oxygens (including phenoxy) is 1. The zero-order valence-corrected chi connectivity index (χ0v) is 18.3. The summed E-state index contributed by atoms with van der Waals surface area (Å²) in [5.74, 6) is 0.674. The molecule has 2 aromatic carbocycles. The first-order valence-electron chi connectivity index (χ1n) is 10.4. The highest BCUT2D eigenvalue weighted by molar-refractivity contribution is 5.80. The third-order valence-electron chi connectivity index (χ3n) is 5.71. The average molecular weight is 396 g/mol. The molecule has 1 atom stereocenters. The molecule has 0 unspecified atom stereocenters. The van der Waals surface area contributed by atoms with Gasteiger partial charge in [0.25, 0.3) is 5.91 Å². The molecule has 1 fully saturated rings. The summed E-state index contributed by atoms with van der Waals surface area (Å²) in [4.78, 5) is 17.3. The number of anilines is 1. The molecule has 1 aliphatic heterocycles. The van der Waals surface area contributed by atoms with Crippen LogP contribution in [0.5, 0.6) is 5.75 Å². The summed E-state index contributed by atoms with van der Waals surface area (Å²) < 4.78 is 5.94. The fourth-order valence-electron chi connectivity index (χ4n) is 3.59. The molecule has 0 saturated carbocycles. The SMILES string of the molecule is Cc1cc(C)c(C)c(O[C@H](C)C(=O)NCc2ccc(N3CCN(C)CC3)cc2)c1. The summed E-state index contributed by atoms with van der Waals surface area (Å²) >= 11 is 0. The molecule has 5 heteroatoms. The fourth-order valence-corrected chi connectivity index (χ4v) is 3.59. The van der Waals surface area contributed by atoms with Crippen molar-refractivity contribution in [3.8, 4) is 5.75 Å². The van der Waals surface area contributed by atoms with Crippen LogP contribution in [0.1, 0.15) is 29.2 Å². The summed E-state index contributed by atoms with van der Waals surface area (Å²) in [7, 11) is 2.16. The van der Waals surface area contributed by atoms with E-state index < -0.39 is 6.10 Å². The Morgan fingerprint density at radius 3 is 2.38 bits per heavy atom. The summed E-state index contributed by atoms with van der Waals surface area (Å²) in [6.45, 7) is 12.7. The maximum Gasteiger partial charge on any atom is 0.261 e. The fraction of sp³-hybridized carbons (Fsp3) is 0.458. The second-order valence-electron chi connectivity index (χ2n) is 8.14. The number of nitrogens with zero attached hydrogens (tertiary/aromatic N) is 2. The Bertz CT molecular complexity index is 840.